The van der Waals surface area contributed by atoms with E-state index in [1.165, 1.54) is 35.0 Å². The number of aryl methyl sites for hydroxylation is 2. The smallest absolute Gasteiger partial charge is 0.336 e. The molecule has 1 aliphatic carbocycles. The Morgan fingerprint density at radius 2 is 1.87 bits per heavy atom. The van der Waals surface area contributed by atoms with E-state index >= 15 is 0 Å². The molecule has 0 saturated heterocycles. The van der Waals surface area contributed by atoms with Crippen LogP contribution in [0.5, 0.6) is 0 Å². The summed E-state index contributed by atoms with van der Waals surface area (Å²) >= 11 is 1.40. The highest BCUT2D eigenvalue weighted by molar-refractivity contribution is 7.98. The van der Waals surface area contributed by atoms with Gasteiger partial charge in [0.15, 0.2) is 0 Å². The molecule has 0 amide bonds. The highest BCUT2D eigenvalue weighted by Crippen LogP contribution is 2.32. The van der Waals surface area contributed by atoms with Gasteiger partial charge < -0.3 is 4.42 Å². The number of benzene rings is 2. The Balaban J connectivity index is 1.74. The van der Waals surface area contributed by atoms with Gasteiger partial charge in [0, 0.05) is 22.1 Å². The minimum Gasteiger partial charge on any atom is -0.423 e. The quantitative estimate of drug-likeness (QED) is 0.515. The summed E-state index contributed by atoms with van der Waals surface area (Å²) < 4.78 is 19.1. The second-order valence-corrected chi connectivity index (χ2v) is 6.80. The molecular weight excluding hydrogens is 311 g/mol. The Kier molecular flexibility index (Phi) is 3.69. The van der Waals surface area contributed by atoms with Crippen LogP contribution in [-0.2, 0) is 18.6 Å². The van der Waals surface area contributed by atoms with Crippen molar-refractivity contribution in [2.75, 3.05) is 0 Å². The van der Waals surface area contributed by atoms with Crippen molar-refractivity contribution in [3.05, 3.63) is 75.4 Å². The summed E-state index contributed by atoms with van der Waals surface area (Å²) in [7, 11) is 0. The summed E-state index contributed by atoms with van der Waals surface area (Å²) in [6.45, 7) is 0. The average Bonchev–Trinajstić information content (AvgIpc) is 2.99. The number of hydrogen-bond acceptors (Lipinski definition) is 3. The number of halogens is 1. The standard InChI is InChI=1S/C19H15FO2S/c20-16-6-1-2-7-18(16)23-11-14-10-19(21)22-17-9-13-5-3-4-12(13)8-15(14)17/h1-2,6-10H,3-5,11H2. The lowest BCUT2D eigenvalue weighted by Crippen LogP contribution is -2.01. The Morgan fingerprint density at radius 3 is 2.70 bits per heavy atom. The zero-order valence-electron chi connectivity index (χ0n) is 12.5. The summed E-state index contributed by atoms with van der Waals surface area (Å²) in [5.74, 6) is 0.313. The molecule has 0 saturated carbocycles. The summed E-state index contributed by atoms with van der Waals surface area (Å²) in [5.41, 5.74) is 3.81. The van der Waals surface area contributed by atoms with Crippen molar-refractivity contribution in [1.29, 1.82) is 0 Å². The van der Waals surface area contributed by atoms with Gasteiger partial charge in [-0.2, -0.15) is 0 Å². The zero-order valence-corrected chi connectivity index (χ0v) is 13.3. The predicted octanol–water partition coefficient (Wildman–Crippen LogP) is 4.71. The van der Waals surface area contributed by atoms with Crippen LogP contribution in [0.15, 0.2) is 56.6 Å². The molecule has 0 aliphatic heterocycles. The highest BCUT2D eigenvalue weighted by atomic mass is 32.2. The molecule has 0 bridgehead atoms. The molecule has 1 aliphatic rings. The van der Waals surface area contributed by atoms with E-state index in [4.69, 9.17) is 4.42 Å². The van der Waals surface area contributed by atoms with E-state index in [-0.39, 0.29) is 11.4 Å². The fraction of sp³-hybridized carbons (Fsp3) is 0.211. The van der Waals surface area contributed by atoms with Gasteiger partial charge in [0.25, 0.3) is 0 Å². The average molecular weight is 326 g/mol. The van der Waals surface area contributed by atoms with E-state index in [9.17, 15) is 9.18 Å². The molecule has 116 valence electrons. The van der Waals surface area contributed by atoms with E-state index < -0.39 is 0 Å². The van der Waals surface area contributed by atoms with E-state index in [1.54, 1.807) is 12.1 Å². The third kappa shape index (κ3) is 2.79. The van der Waals surface area contributed by atoms with Crippen molar-refractivity contribution in [2.24, 2.45) is 0 Å². The lowest BCUT2D eigenvalue weighted by atomic mass is 10.0. The SMILES string of the molecule is O=c1cc(CSc2ccccc2F)c2cc3c(cc2o1)CCC3. The summed E-state index contributed by atoms with van der Waals surface area (Å²) in [5, 5.41) is 0.967. The summed E-state index contributed by atoms with van der Waals surface area (Å²) in [6, 6.07) is 12.4. The molecule has 2 nitrogen and oxygen atoms in total. The first-order valence-corrected chi connectivity index (χ1v) is 8.65. The van der Waals surface area contributed by atoms with E-state index in [0.29, 0.717) is 16.2 Å². The van der Waals surface area contributed by atoms with Crippen LogP contribution in [0.2, 0.25) is 0 Å². The van der Waals surface area contributed by atoms with Crippen LogP contribution in [0.4, 0.5) is 4.39 Å². The van der Waals surface area contributed by atoms with Crippen LogP contribution < -0.4 is 5.63 Å². The van der Waals surface area contributed by atoms with Crippen LogP contribution in [0.3, 0.4) is 0 Å². The maximum Gasteiger partial charge on any atom is 0.336 e. The van der Waals surface area contributed by atoms with Gasteiger partial charge in [0.2, 0.25) is 0 Å². The molecule has 4 rings (SSSR count). The van der Waals surface area contributed by atoms with E-state index in [0.717, 1.165) is 30.2 Å². The number of rotatable bonds is 3. The molecule has 0 unspecified atom stereocenters. The van der Waals surface area contributed by atoms with Gasteiger partial charge >= 0.3 is 5.63 Å². The van der Waals surface area contributed by atoms with Crippen molar-refractivity contribution in [2.45, 2.75) is 29.9 Å². The Hall–Kier alpha value is -2.07. The summed E-state index contributed by atoms with van der Waals surface area (Å²) in [4.78, 5) is 12.4. The van der Waals surface area contributed by atoms with Crippen LogP contribution in [-0.4, -0.2) is 0 Å². The molecule has 3 aromatic rings. The monoisotopic (exact) mass is 326 g/mol. The molecule has 0 fully saturated rings. The van der Waals surface area contributed by atoms with Crippen molar-refractivity contribution in [3.63, 3.8) is 0 Å². The third-order valence-electron chi connectivity index (χ3n) is 4.26. The first kappa shape index (κ1) is 14.5. The van der Waals surface area contributed by atoms with Gasteiger partial charge in [-0.25, -0.2) is 9.18 Å². The molecule has 2 aromatic carbocycles. The Morgan fingerprint density at radius 1 is 1.09 bits per heavy atom. The lowest BCUT2D eigenvalue weighted by Gasteiger charge is -2.08. The van der Waals surface area contributed by atoms with Crippen molar-refractivity contribution in [3.8, 4) is 0 Å². The third-order valence-corrected chi connectivity index (χ3v) is 5.36. The van der Waals surface area contributed by atoms with Gasteiger partial charge in [-0.15, -0.1) is 11.8 Å². The molecule has 0 radical (unpaired) electrons. The fourth-order valence-electron chi connectivity index (χ4n) is 3.13. The van der Waals surface area contributed by atoms with E-state index in [1.807, 2.05) is 12.1 Å². The van der Waals surface area contributed by atoms with E-state index in [2.05, 4.69) is 6.07 Å². The Bertz CT molecular complexity index is 946. The number of fused-ring (bicyclic) bond motifs is 2. The second kappa shape index (κ2) is 5.85. The topological polar surface area (TPSA) is 30.2 Å². The van der Waals surface area contributed by atoms with Crippen LogP contribution >= 0.6 is 11.8 Å². The first-order valence-electron chi connectivity index (χ1n) is 7.66. The van der Waals surface area contributed by atoms with Gasteiger partial charge in [0.05, 0.1) is 0 Å². The predicted molar refractivity (Wildman–Crippen MR) is 90.5 cm³/mol. The lowest BCUT2D eigenvalue weighted by molar-refractivity contribution is 0.559. The molecule has 0 atom stereocenters. The van der Waals surface area contributed by atoms with Crippen molar-refractivity contribution < 1.29 is 8.81 Å². The largest absolute Gasteiger partial charge is 0.423 e. The van der Waals surface area contributed by atoms with Gasteiger partial charge in [0.1, 0.15) is 11.4 Å². The summed E-state index contributed by atoms with van der Waals surface area (Å²) in [6.07, 6.45) is 3.27. The highest BCUT2D eigenvalue weighted by Gasteiger charge is 2.15. The fourth-order valence-corrected chi connectivity index (χ4v) is 4.06. The normalized spacial score (nSPS) is 13.4. The van der Waals surface area contributed by atoms with Crippen molar-refractivity contribution in [1.82, 2.24) is 0 Å². The van der Waals surface area contributed by atoms with Crippen molar-refractivity contribution >= 4 is 22.7 Å². The molecular formula is C19H15FO2S. The molecule has 1 aromatic heterocycles. The molecule has 1 heterocycles. The van der Waals surface area contributed by atoms with Gasteiger partial charge in [-0.05, 0) is 60.2 Å². The van der Waals surface area contributed by atoms with Crippen LogP contribution in [0.1, 0.15) is 23.1 Å². The van der Waals surface area contributed by atoms with Gasteiger partial charge in [-0.1, -0.05) is 12.1 Å². The van der Waals surface area contributed by atoms with Gasteiger partial charge in [-0.3, -0.25) is 0 Å². The minimum atomic E-state index is -0.348. The molecule has 0 N–H and O–H groups in total. The molecule has 23 heavy (non-hydrogen) atoms. The minimum absolute atomic E-state index is 0.231. The number of thioether (sulfide) groups is 1. The second-order valence-electron chi connectivity index (χ2n) is 5.78. The van der Waals surface area contributed by atoms with Crippen LogP contribution in [0.25, 0.3) is 11.0 Å². The first-order chi connectivity index (χ1) is 11.2. The maximum atomic E-state index is 13.8. The number of hydrogen-bond donors (Lipinski definition) is 0. The molecule has 4 heteroatoms. The van der Waals surface area contributed by atoms with Crippen LogP contribution in [0, 0.1) is 5.82 Å². The maximum absolute atomic E-state index is 13.8. The molecule has 0 spiro atoms. The Labute approximate surface area is 137 Å². The zero-order chi connectivity index (χ0) is 15.8.